The summed E-state index contributed by atoms with van der Waals surface area (Å²) in [4.78, 5) is 13.8. The molecule has 1 fully saturated rings. The predicted molar refractivity (Wildman–Crippen MR) is 62.4 cm³/mol. The van der Waals surface area contributed by atoms with Gasteiger partial charge in [0.1, 0.15) is 0 Å². The van der Waals surface area contributed by atoms with Crippen LogP contribution in [0.1, 0.15) is 39.5 Å². The summed E-state index contributed by atoms with van der Waals surface area (Å²) in [6.45, 7) is 4.65. The van der Waals surface area contributed by atoms with Gasteiger partial charge in [-0.3, -0.25) is 4.79 Å². The summed E-state index contributed by atoms with van der Waals surface area (Å²) >= 11 is 0. The number of carbonyl (C=O) groups excluding carboxylic acids is 1. The van der Waals surface area contributed by atoms with E-state index in [-0.39, 0.29) is 11.8 Å². The normalized spacial score (nSPS) is 28.5. The molecule has 0 spiro atoms. The second kappa shape index (κ2) is 5.50. The van der Waals surface area contributed by atoms with Crippen molar-refractivity contribution < 1.29 is 4.79 Å². The molecule has 3 nitrogen and oxygen atoms in total. The molecule has 0 saturated heterocycles. The van der Waals surface area contributed by atoms with Crippen LogP contribution in [0.25, 0.3) is 0 Å². The zero-order valence-electron chi connectivity index (χ0n) is 10.2. The van der Waals surface area contributed by atoms with Gasteiger partial charge in [0.05, 0.1) is 0 Å². The third-order valence-electron chi connectivity index (χ3n) is 3.66. The van der Waals surface area contributed by atoms with E-state index in [4.69, 9.17) is 5.73 Å². The highest BCUT2D eigenvalue weighted by Gasteiger charge is 2.26. The monoisotopic (exact) mass is 212 g/mol. The molecular weight excluding hydrogens is 188 g/mol. The van der Waals surface area contributed by atoms with Gasteiger partial charge in [-0.2, -0.15) is 0 Å². The van der Waals surface area contributed by atoms with Gasteiger partial charge in [-0.1, -0.05) is 13.8 Å². The molecule has 1 aliphatic carbocycles. The van der Waals surface area contributed by atoms with E-state index in [0.717, 1.165) is 18.8 Å². The minimum Gasteiger partial charge on any atom is -0.343 e. The first-order valence-corrected chi connectivity index (χ1v) is 6.03. The number of nitrogens with zero attached hydrogens (tertiary/aromatic N) is 1. The first kappa shape index (κ1) is 12.5. The van der Waals surface area contributed by atoms with E-state index in [2.05, 4.69) is 6.92 Å². The second-order valence-corrected chi connectivity index (χ2v) is 5.00. The Labute approximate surface area is 93.0 Å². The van der Waals surface area contributed by atoms with Crippen LogP contribution in [0.2, 0.25) is 0 Å². The van der Waals surface area contributed by atoms with Crippen molar-refractivity contribution in [2.24, 2.45) is 17.6 Å². The van der Waals surface area contributed by atoms with Crippen molar-refractivity contribution >= 4 is 5.91 Å². The Morgan fingerprint density at radius 1 is 1.40 bits per heavy atom. The van der Waals surface area contributed by atoms with Crippen molar-refractivity contribution in [3.63, 3.8) is 0 Å². The van der Waals surface area contributed by atoms with Gasteiger partial charge in [0.15, 0.2) is 0 Å². The fraction of sp³-hybridized carbons (Fsp3) is 0.917. The highest BCUT2D eigenvalue weighted by Crippen LogP contribution is 2.26. The molecule has 1 amide bonds. The Bertz CT molecular complexity index is 210. The summed E-state index contributed by atoms with van der Waals surface area (Å²) in [5.74, 6) is 1.00. The third kappa shape index (κ3) is 3.20. The average molecular weight is 212 g/mol. The van der Waals surface area contributed by atoms with Crippen LogP contribution in [-0.2, 0) is 4.79 Å². The molecular formula is C12H24N2O. The summed E-state index contributed by atoms with van der Waals surface area (Å²) < 4.78 is 0. The molecule has 1 atom stereocenters. The van der Waals surface area contributed by atoms with Crippen LogP contribution in [0.4, 0.5) is 0 Å². The maximum Gasteiger partial charge on any atom is 0.226 e. The van der Waals surface area contributed by atoms with Gasteiger partial charge >= 0.3 is 0 Å². The molecule has 0 aromatic heterocycles. The smallest absolute Gasteiger partial charge is 0.226 e. The number of nitrogens with two attached hydrogens (primary N) is 1. The van der Waals surface area contributed by atoms with E-state index < -0.39 is 0 Å². The largest absolute Gasteiger partial charge is 0.343 e. The molecule has 0 radical (unpaired) electrons. The average Bonchev–Trinajstić information content (AvgIpc) is 2.27. The Kier molecular flexibility index (Phi) is 4.58. The zero-order chi connectivity index (χ0) is 11.4. The van der Waals surface area contributed by atoms with Crippen LogP contribution in [0.3, 0.4) is 0 Å². The van der Waals surface area contributed by atoms with Gasteiger partial charge in [-0.25, -0.2) is 0 Å². The molecule has 1 unspecified atom stereocenters. The summed E-state index contributed by atoms with van der Waals surface area (Å²) in [7, 11) is 1.93. The van der Waals surface area contributed by atoms with Crippen molar-refractivity contribution in [3.8, 4) is 0 Å². The number of rotatable bonds is 3. The molecule has 1 aliphatic rings. The van der Waals surface area contributed by atoms with Gasteiger partial charge in [-0.15, -0.1) is 0 Å². The Morgan fingerprint density at radius 2 is 1.93 bits per heavy atom. The Hall–Kier alpha value is -0.570. The van der Waals surface area contributed by atoms with E-state index in [1.54, 1.807) is 0 Å². The second-order valence-electron chi connectivity index (χ2n) is 5.00. The highest BCUT2D eigenvalue weighted by atomic mass is 16.2. The van der Waals surface area contributed by atoms with Crippen LogP contribution in [0.15, 0.2) is 0 Å². The lowest BCUT2D eigenvalue weighted by molar-refractivity contribution is -0.136. The molecule has 2 N–H and O–H groups in total. The SMILES string of the molecule is CC1CCC(N(C)C(=O)C(C)CN)CC1. The topological polar surface area (TPSA) is 46.3 Å². The van der Waals surface area contributed by atoms with E-state index in [9.17, 15) is 4.79 Å². The first-order valence-electron chi connectivity index (χ1n) is 6.03. The van der Waals surface area contributed by atoms with Gasteiger partial charge in [0.2, 0.25) is 5.91 Å². The van der Waals surface area contributed by atoms with Gasteiger partial charge in [-0.05, 0) is 31.6 Å². The van der Waals surface area contributed by atoms with Gasteiger partial charge in [0, 0.05) is 25.6 Å². The van der Waals surface area contributed by atoms with Crippen molar-refractivity contribution in [2.75, 3.05) is 13.6 Å². The van der Waals surface area contributed by atoms with Crippen LogP contribution >= 0.6 is 0 Å². The molecule has 1 rings (SSSR count). The molecule has 0 aliphatic heterocycles. The van der Waals surface area contributed by atoms with Crippen LogP contribution in [0, 0.1) is 11.8 Å². The van der Waals surface area contributed by atoms with E-state index in [0.29, 0.717) is 12.6 Å². The molecule has 1 saturated carbocycles. The van der Waals surface area contributed by atoms with Gasteiger partial charge in [0.25, 0.3) is 0 Å². The predicted octanol–water partition coefficient (Wildman–Crippen LogP) is 1.62. The summed E-state index contributed by atoms with van der Waals surface area (Å²) in [5.41, 5.74) is 5.51. The van der Waals surface area contributed by atoms with E-state index in [1.165, 1.54) is 12.8 Å². The Morgan fingerprint density at radius 3 is 2.40 bits per heavy atom. The minimum atomic E-state index is -0.0330. The highest BCUT2D eigenvalue weighted by molar-refractivity contribution is 5.78. The minimum absolute atomic E-state index is 0.0330. The fourth-order valence-electron chi connectivity index (χ4n) is 2.26. The van der Waals surface area contributed by atoms with Crippen molar-refractivity contribution in [3.05, 3.63) is 0 Å². The summed E-state index contributed by atoms with van der Waals surface area (Å²) in [6, 6.07) is 0.447. The fourth-order valence-corrected chi connectivity index (χ4v) is 2.26. The van der Waals surface area contributed by atoms with E-state index in [1.807, 2.05) is 18.9 Å². The number of hydrogen-bond donors (Lipinski definition) is 1. The lowest BCUT2D eigenvalue weighted by Gasteiger charge is -2.34. The number of hydrogen-bond acceptors (Lipinski definition) is 2. The maximum atomic E-state index is 11.9. The summed E-state index contributed by atoms with van der Waals surface area (Å²) in [6.07, 6.45) is 4.81. The quantitative estimate of drug-likeness (QED) is 0.772. The first-order chi connectivity index (χ1) is 7.06. The third-order valence-corrected chi connectivity index (χ3v) is 3.66. The van der Waals surface area contributed by atoms with E-state index >= 15 is 0 Å². The molecule has 0 aromatic carbocycles. The standard InChI is InChI=1S/C12H24N2O/c1-9-4-6-11(7-5-9)14(3)12(15)10(2)8-13/h9-11H,4-8,13H2,1-3H3. The van der Waals surface area contributed by atoms with Crippen molar-refractivity contribution in [2.45, 2.75) is 45.6 Å². The Balaban J connectivity index is 2.46. The molecule has 0 bridgehead atoms. The zero-order valence-corrected chi connectivity index (χ0v) is 10.2. The van der Waals surface area contributed by atoms with Crippen LogP contribution in [0.5, 0.6) is 0 Å². The summed E-state index contributed by atoms with van der Waals surface area (Å²) in [5, 5.41) is 0. The number of amides is 1. The van der Waals surface area contributed by atoms with Crippen LogP contribution < -0.4 is 5.73 Å². The van der Waals surface area contributed by atoms with Crippen LogP contribution in [-0.4, -0.2) is 30.4 Å². The van der Waals surface area contributed by atoms with Crippen molar-refractivity contribution in [1.82, 2.24) is 4.90 Å². The van der Waals surface area contributed by atoms with Crippen molar-refractivity contribution in [1.29, 1.82) is 0 Å². The number of carbonyl (C=O) groups is 1. The lowest BCUT2D eigenvalue weighted by Crippen LogP contribution is -2.43. The molecule has 0 aromatic rings. The van der Waals surface area contributed by atoms with Gasteiger partial charge < -0.3 is 10.6 Å². The molecule has 0 heterocycles. The lowest BCUT2D eigenvalue weighted by atomic mass is 9.86. The molecule has 88 valence electrons. The molecule has 3 heteroatoms. The molecule has 15 heavy (non-hydrogen) atoms. The maximum absolute atomic E-state index is 11.9.